The van der Waals surface area contributed by atoms with E-state index in [-0.39, 0.29) is 6.10 Å². The third-order valence-electron chi connectivity index (χ3n) is 3.55. The second-order valence-electron chi connectivity index (χ2n) is 4.90. The molecule has 1 heterocycles. The van der Waals surface area contributed by atoms with E-state index in [1.54, 1.807) is 0 Å². The number of halogens is 1. The van der Waals surface area contributed by atoms with Crippen LogP contribution in [0.4, 0.5) is 5.69 Å². The molecule has 0 aromatic heterocycles. The molecule has 2 aromatic rings. The molecule has 0 spiro atoms. The predicted molar refractivity (Wildman–Crippen MR) is 79.2 cm³/mol. The summed E-state index contributed by atoms with van der Waals surface area (Å²) in [6.45, 7) is 4.79. The molecule has 1 aliphatic heterocycles. The highest BCUT2D eigenvalue weighted by molar-refractivity contribution is 6.32. The zero-order valence-corrected chi connectivity index (χ0v) is 11.8. The lowest BCUT2D eigenvalue weighted by Gasteiger charge is -2.29. The third kappa shape index (κ3) is 2.17. The third-order valence-corrected chi connectivity index (χ3v) is 4.13. The van der Waals surface area contributed by atoms with Crippen molar-refractivity contribution >= 4 is 17.3 Å². The first-order chi connectivity index (χ1) is 9.16. The summed E-state index contributed by atoms with van der Waals surface area (Å²) in [6.07, 6.45) is 0.0497. The molecule has 98 valence electrons. The van der Waals surface area contributed by atoms with Gasteiger partial charge >= 0.3 is 0 Å². The first-order valence-electron chi connectivity index (χ1n) is 6.42. The largest absolute Gasteiger partial charge is 0.482 e. The van der Waals surface area contributed by atoms with Crippen LogP contribution in [0.1, 0.15) is 22.8 Å². The molecule has 0 saturated heterocycles. The van der Waals surface area contributed by atoms with Crippen molar-refractivity contribution in [2.75, 3.05) is 11.9 Å². The van der Waals surface area contributed by atoms with Crippen LogP contribution >= 0.6 is 11.6 Å². The average Bonchev–Trinajstić information content (AvgIpc) is 2.45. The highest BCUT2D eigenvalue weighted by atomic mass is 35.5. The van der Waals surface area contributed by atoms with Crippen LogP contribution in [0.2, 0.25) is 5.02 Å². The number of hydrogen-bond donors (Lipinski definition) is 1. The Kier molecular flexibility index (Phi) is 3.11. The van der Waals surface area contributed by atoms with E-state index < -0.39 is 0 Å². The van der Waals surface area contributed by atoms with Gasteiger partial charge in [-0.05, 0) is 36.6 Å². The summed E-state index contributed by atoms with van der Waals surface area (Å²) in [6, 6.07) is 12.3. The van der Waals surface area contributed by atoms with Gasteiger partial charge in [-0.2, -0.15) is 0 Å². The van der Waals surface area contributed by atoms with Gasteiger partial charge in [-0.15, -0.1) is 0 Å². The van der Waals surface area contributed by atoms with Crippen LogP contribution in [0.5, 0.6) is 5.75 Å². The lowest BCUT2D eigenvalue weighted by Crippen LogP contribution is -2.24. The van der Waals surface area contributed by atoms with Gasteiger partial charge in [-0.1, -0.05) is 41.9 Å². The maximum atomic E-state index is 6.27. The minimum atomic E-state index is 0.0497. The van der Waals surface area contributed by atoms with E-state index in [0.717, 1.165) is 34.1 Å². The summed E-state index contributed by atoms with van der Waals surface area (Å²) < 4.78 is 6.11. The second kappa shape index (κ2) is 4.78. The van der Waals surface area contributed by atoms with E-state index in [1.165, 1.54) is 5.56 Å². The number of aryl methyl sites for hydroxylation is 1. The van der Waals surface area contributed by atoms with Crippen molar-refractivity contribution in [2.45, 2.75) is 20.0 Å². The Labute approximate surface area is 118 Å². The van der Waals surface area contributed by atoms with E-state index >= 15 is 0 Å². The highest BCUT2D eigenvalue weighted by Gasteiger charge is 2.23. The predicted octanol–water partition coefficient (Wildman–Crippen LogP) is 4.50. The fraction of sp³-hybridized carbons (Fsp3) is 0.250. The number of ether oxygens (including phenoxy) is 1. The van der Waals surface area contributed by atoms with Gasteiger partial charge in [0.05, 0.1) is 12.2 Å². The Morgan fingerprint density at radius 2 is 1.95 bits per heavy atom. The van der Waals surface area contributed by atoms with Gasteiger partial charge < -0.3 is 10.1 Å². The number of rotatable bonds is 1. The first kappa shape index (κ1) is 12.4. The highest BCUT2D eigenvalue weighted by Crippen LogP contribution is 2.40. The minimum absolute atomic E-state index is 0.0497. The van der Waals surface area contributed by atoms with Gasteiger partial charge in [0.1, 0.15) is 11.9 Å². The van der Waals surface area contributed by atoms with E-state index in [2.05, 4.69) is 17.4 Å². The Morgan fingerprint density at radius 1 is 1.21 bits per heavy atom. The molecule has 3 rings (SSSR count). The lowest BCUT2D eigenvalue weighted by molar-refractivity contribution is 0.210. The van der Waals surface area contributed by atoms with E-state index in [0.29, 0.717) is 0 Å². The molecule has 2 nitrogen and oxygen atoms in total. The fourth-order valence-electron chi connectivity index (χ4n) is 2.48. The molecule has 0 aliphatic carbocycles. The van der Waals surface area contributed by atoms with Gasteiger partial charge in [0.2, 0.25) is 0 Å². The number of nitrogens with one attached hydrogen (secondary N) is 1. The quantitative estimate of drug-likeness (QED) is 0.826. The van der Waals surface area contributed by atoms with Gasteiger partial charge in [0.25, 0.3) is 0 Å². The van der Waals surface area contributed by atoms with Crippen molar-refractivity contribution in [3.8, 4) is 5.75 Å². The summed E-state index contributed by atoms with van der Waals surface area (Å²) in [7, 11) is 0. The average molecular weight is 274 g/mol. The summed E-state index contributed by atoms with van der Waals surface area (Å²) in [5.41, 5.74) is 4.31. The van der Waals surface area contributed by atoms with E-state index in [9.17, 15) is 0 Å². The summed E-state index contributed by atoms with van der Waals surface area (Å²) in [5, 5.41) is 4.25. The molecular weight excluding hydrogens is 258 g/mol. The Balaban J connectivity index is 1.97. The molecular formula is C16H16ClNO. The number of hydrogen-bond acceptors (Lipinski definition) is 2. The molecule has 0 bridgehead atoms. The molecule has 0 radical (unpaired) electrons. The summed E-state index contributed by atoms with van der Waals surface area (Å²) in [4.78, 5) is 0. The molecule has 0 amide bonds. The van der Waals surface area contributed by atoms with E-state index in [1.807, 2.05) is 38.1 Å². The monoisotopic (exact) mass is 273 g/mol. The summed E-state index contributed by atoms with van der Waals surface area (Å²) in [5.74, 6) is 0.888. The Morgan fingerprint density at radius 3 is 2.68 bits per heavy atom. The zero-order valence-electron chi connectivity index (χ0n) is 11.0. The van der Waals surface area contributed by atoms with Gasteiger partial charge in [0.15, 0.2) is 0 Å². The second-order valence-corrected chi connectivity index (χ2v) is 5.28. The molecule has 3 heteroatoms. The maximum Gasteiger partial charge on any atom is 0.144 e. The van der Waals surface area contributed by atoms with Gasteiger partial charge in [-0.25, -0.2) is 0 Å². The Hall–Kier alpha value is -1.67. The molecule has 0 fully saturated rings. The van der Waals surface area contributed by atoms with Crippen molar-refractivity contribution < 1.29 is 4.74 Å². The van der Waals surface area contributed by atoms with Crippen LogP contribution in [0.3, 0.4) is 0 Å². The smallest absolute Gasteiger partial charge is 0.144 e. The van der Waals surface area contributed by atoms with Crippen LogP contribution in [-0.4, -0.2) is 6.54 Å². The topological polar surface area (TPSA) is 21.3 Å². The van der Waals surface area contributed by atoms with Crippen LogP contribution in [0.25, 0.3) is 0 Å². The lowest BCUT2D eigenvalue weighted by atomic mass is 10.0. The van der Waals surface area contributed by atoms with Crippen molar-refractivity contribution in [3.05, 3.63) is 58.1 Å². The van der Waals surface area contributed by atoms with Crippen molar-refractivity contribution in [2.24, 2.45) is 0 Å². The minimum Gasteiger partial charge on any atom is -0.482 e. The molecule has 19 heavy (non-hydrogen) atoms. The number of benzene rings is 2. The van der Waals surface area contributed by atoms with Crippen LogP contribution in [-0.2, 0) is 0 Å². The van der Waals surface area contributed by atoms with Crippen LogP contribution in [0, 0.1) is 13.8 Å². The van der Waals surface area contributed by atoms with Gasteiger partial charge in [0, 0.05) is 5.02 Å². The first-order valence-corrected chi connectivity index (χ1v) is 6.80. The molecule has 1 N–H and O–H groups in total. The number of anilines is 1. The van der Waals surface area contributed by atoms with Crippen molar-refractivity contribution in [3.63, 3.8) is 0 Å². The number of fused-ring (bicyclic) bond motifs is 1. The SMILES string of the molecule is Cc1cc2c(c(C)c1Cl)NCC(c1ccccc1)O2. The molecule has 1 aliphatic rings. The van der Waals surface area contributed by atoms with Crippen LogP contribution in [0.15, 0.2) is 36.4 Å². The van der Waals surface area contributed by atoms with Gasteiger partial charge in [-0.3, -0.25) is 0 Å². The maximum absolute atomic E-state index is 6.27. The van der Waals surface area contributed by atoms with Crippen molar-refractivity contribution in [1.29, 1.82) is 0 Å². The molecule has 2 aromatic carbocycles. The van der Waals surface area contributed by atoms with Crippen molar-refractivity contribution in [1.82, 2.24) is 0 Å². The molecule has 1 atom stereocenters. The van der Waals surface area contributed by atoms with E-state index in [4.69, 9.17) is 16.3 Å². The normalized spacial score (nSPS) is 17.3. The molecule has 1 unspecified atom stereocenters. The standard InChI is InChI=1S/C16H16ClNO/c1-10-8-13-16(11(2)15(10)17)18-9-14(19-13)12-6-4-3-5-7-12/h3-8,14,18H,9H2,1-2H3. The zero-order chi connectivity index (χ0) is 13.4. The molecule has 0 saturated carbocycles. The summed E-state index contributed by atoms with van der Waals surface area (Å²) >= 11 is 6.27. The Bertz CT molecular complexity index is 610. The fourth-order valence-corrected chi connectivity index (χ4v) is 2.63. The van der Waals surface area contributed by atoms with Crippen LogP contribution < -0.4 is 10.1 Å².